The number of allylic oxidation sites excluding steroid dienone is 1. The van der Waals surface area contributed by atoms with Crippen molar-refractivity contribution in [2.45, 2.75) is 37.3 Å². The topological polar surface area (TPSA) is 102 Å². The Hall–Kier alpha value is -2.88. The van der Waals surface area contributed by atoms with Gasteiger partial charge in [0, 0.05) is 29.8 Å². The van der Waals surface area contributed by atoms with E-state index in [0.717, 1.165) is 12.0 Å². The Balaban J connectivity index is 1.25. The molecule has 0 N–H and O–H groups in total. The zero-order valence-electron chi connectivity index (χ0n) is 16.7. The summed E-state index contributed by atoms with van der Waals surface area (Å²) in [4.78, 5) is 27.4. The number of benzene rings is 1. The summed E-state index contributed by atoms with van der Waals surface area (Å²) < 4.78 is 16.6. The van der Waals surface area contributed by atoms with Gasteiger partial charge in [-0.1, -0.05) is 28.9 Å². The molecule has 2 aromatic rings. The number of hydrogen-bond acceptors (Lipinski definition) is 8. The maximum absolute atomic E-state index is 12.8. The zero-order chi connectivity index (χ0) is 21.4. The van der Waals surface area contributed by atoms with E-state index in [1.807, 2.05) is 24.3 Å². The number of halogens is 1. The molecule has 0 bridgehead atoms. The summed E-state index contributed by atoms with van der Waals surface area (Å²) in [7, 11) is 1.54. The maximum atomic E-state index is 12.8. The van der Waals surface area contributed by atoms with Crippen molar-refractivity contribution in [3.63, 3.8) is 0 Å². The van der Waals surface area contributed by atoms with E-state index in [0.29, 0.717) is 28.9 Å². The first-order valence-electron chi connectivity index (χ1n) is 9.92. The molecule has 10 heteroatoms. The lowest BCUT2D eigenvalue weighted by atomic mass is 10.00. The van der Waals surface area contributed by atoms with Crippen LogP contribution in [0.5, 0.6) is 0 Å². The van der Waals surface area contributed by atoms with Crippen molar-refractivity contribution in [2.75, 3.05) is 13.7 Å². The fourth-order valence-electron chi connectivity index (χ4n) is 3.93. The van der Waals surface area contributed by atoms with Gasteiger partial charge < -0.3 is 14.0 Å². The fourth-order valence-corrected chi connectivity index (χ4v) is 4.05. The van der Waals surface area contributed by atoms with E-state index in [4.69, 9.17) is 25.6 Å². The molecule has 3 aliphatic heterocycles. The second-order valence-electron chi connectivity index (χ2n) is 7.54. The van der Waals surface area contributed by atoms with Crippen molar-refractivity contribution >= 4 is 30.1 Å². The summed E-state index contributed by atoms with van der Waals surface area (Å²) in [6, 6.07) is 7.20. The average Bonchev–Trinajstić information content (AvgIpc) is 3.46. The highest BCUT2D eigenvalue weighted by Gasteiger charge is 2.36. The molecule has 1 aromatic carbocycles. The molecular weight excluding hydrogens is 422 g/mol. The molecule has 0 aliphatic carbocycles. The number of carbonyl (C=O) groups is 1. The van der Waals surface area contributed by atoms with Gasteiger partial charge in [0.2, 0.25) is 5.89 Å². The Morgan fingerprint density at radius 3 is 2.90 bits per heavy atom. The lowest BCUT2D eigenvalue weighted by molar-refractivity contribution is -0.125. The molecule has 1 aromatic heterocycles. The number of fused-ring (bicyclic) bond motifs is 1. The number of nitrogens with zero attached hydrogens (tertiary/aromatic N) is 5. The van der Waals surface area contributed by atoms with Gasteiger partial charge >= 0.3 is 0 Å². The molecule has 2 unspecified atom stereocenters. The van der Waals surface area contributed by atoms with Crippen molar-refractivity contribution in [3.8, 4) is 0 Å². The van der Waals surface area contributed by atoms with Crippen molar-refractivity contribution < 1.29 is 18.8 Å². The molecule has 160 valence electrons. The second kappa shape index (κ2) is 8.33. The van der Waals surface area contributed by atoms with Gasteiger partial charge in [-0.3, -0.25) is 19.7 Å². The van der Waals surface area contributed by atoms with Crippen LogP contribution >= 0.6 is 11.6 Å². The Labute approximate surface area is 183 Å². The molecule has 1 amide bonds. The fraction of sp³-hybridized carbons (Fsp3) is 0.381. The van der Waals surface area contributed by atoms with Gasteiger partial charge in [0.15, 0.2) is 12.1 Å². The van der Waals surface area contributed by atoms with Gasteiger partial charge in [0.25, 0.3) is 5.91 Å². The maximum Gasteiger partial charge on any atom is 0.257 e. The highest BCUT2D eigenvalue weighted by molar-refractivity contribution is 6.30. The van der Waals surface area contributed by atoms with Crippen LogP contribution in [-0.4, -0.2) is 59.5 Å². The van der Waals surface area contributed by atoms with Gasteiger partial charge in [0.1, 0.15) is 12.6 Å². The normalized spacial score (nSPS) is 27.5. The summed E-state index contributed by atoms with van der Waals surface area (Å²) in [6.07, 6.45) is 4.93. The molecule has 1 saturated heterocycles. The highest BCUT2D eigenvalue weighted by Crippen LogP contribution is 2.37. The lowest BCUT2D eigenvalue weighted by Gasteiger charge is -2.30. The number of methoxy groups -OCH3 is 1. The number of carbonyl (C=O) groups excluding carboxylic acids is 1. The molecule has 0 saturated carbocycles. The van der Waals surface area contributed by atoms with Crippen molar-refractivity contribution in [1.82, 2.24) is 15.0 Å². The van der Waals surface area contributed by atoms with Crippen LogP contribution in [0.15, 0.2) is 50.4 Å². The van der Waals surface area contributed by atoms with E-state index in [2.05, 4.69) is 20.1 Å². The molecule has 4 heterocycles. The van der Waals surface area contributed by atoms with E-state index in [1.165, 1.54) is 11.2 Å². The zero-order valence-corrected chi connectivity index (χ0v) is 17.5. The summed E-state index contributed by atoms with van der Waals surface area (Å²) in [6.45, 7) is 0.644. The number of rotatable bonds is 5. The molecule has 4 atom stereocenters. The Bertz CT molecular complexity index is 1060. The van der Waals surface area contributed by atoms with Crippen LogP contribution in [0.4, 0.5) is 0 Å². The third-order valence-corrected chi connectivity index (χ3v) is 5.84. The van der Waals surface area contributed by atoms with Crippen LogP contribution in [0.3, 0.4) is 0 Å². The standard InChI is InChI=1S/C21H20ClN5O4/c1-29-20-18-15(6-7-23-20)21(28)27(11-24-18)9-17-25-19(26-31-17)13-8-16(30-10-13)12-2-4-14(22)5-3-12/h2-7,11,13,16,18,20H,8-10H2,1H3/t13-,16+,18?,20?/m0/s1. The van der Waals surface area contributed by atoms with E-state index in [-0.39, 0.29) is 24.5 Å². The number of amides is 1. The Morgan fingerprint density at radius 1 is 1.26 bits per heavy atom. The molecule has 1 fully saturated rings. The summed E-state index contributed by atoms with van der Waals surface area (Å²) in [5.74, 6) is 0.763. The minimum absolute atomic E-state index is 0.0213. The molecular formula is C21H20ClN5O4. The number of dihydropyridines is 1. The number of hydrogen-bond donors (Lipinski definition) is 0. The van der Waals surface area contributed by atoms with Crippen LogP contribution in [-0.2, 0) is 20.8 Å². The predicted octanol–water partition coefficient (Wildman–Crippen LogP) is 2.69. The first-order chi connectivity index (χ1) is 15.1. The Morgan fingerprint density at radius 2 is 2.10 bits per heavy atom. The quantitative estimate of drug-likeness (QED) is 0.706. The van der Waals surface area contributed by atoms with Gasteiger partial charge in [-0.25, -0.2) is 0 Å². The number of aliphatic imine (C=N–C) groups is 2. The minimum atomic E-state index is -0.492. The summed E-state index contributed by atoms with van der Waals surface area (Å²) in [5, 5.41) is 4.80. The third kappa shape index (κ3) is 3.91. The monoisotopic (exact) mass is 441 g/mol. The van der Waals surface area contributed by atoms with Crippen LogP contribution in [0.2, 0.25) is 5.02 Å². The number of aromatic nitrogens is 2. The molecule has 31 heavy (non-hydrogen) atoms. The molecule has 5 rings (SSSR count). The molecule has 0 spiro atoms. The predicted molar refractivity (Wildman–Crippen MR) is 112 cm³/mol. The van der Waals surface area contributed by atoms with Gasteiger partial charge in [-0.2, -0.15) is 4.98 Å². The van der Waals surface area contributed by atoms with Gasteiger partial charge in [0.05, 0.1) is 19.0 Å². The molecule has 3 aliphatic rings. The smallest absolute Gasteiger partial charge is 0.257 e. The first kappa shape index (κ1) is 20.0. The van der Waals surface area contributed by atoms with E-state index in [9.17, 15) is 4.79 Å². The first-order valence-corrected chi connectivity index (χ1v) is 10.3. The van der Waals surface area contributed by atoms with Crippen LogP contribution < -0.4 is 0 Å². The van der Waals surface area contributed by atoms with Gasteiger partial charge in [-0.15, -0.1) is 0 Å². The second-order valence-corrected chi connectivity index (χ2v) is 7.98. The van der Waals surface area contributed by atoms with Gasteiger partial charge in [-0.05, 0) is 30.2 Å². The van der Waals surface area contributed by atoms with Crippen molar-refractivity contribution in [3.05, 3.63) is 58.2 Å². The highest BCUT2D eigenvalue weighted by atomic mass is 35.5. The number of ether oxygens (including phenoxy) is 2. The molecule has 9 nitrogen and oxygen atoms in total. The molecule has 0 radical (unpaired) electrons. The largest absolute Gasteiger partial charge is 0.373 e. The minimum Gasteiger partial charge on any atom is -0.373 e. The van der Waals surface area contributed by atoms with Crippen LogP contribution in [0.1, 0.15) is 35.7 Å². The third-order valence-electron chi connectivity index (χ3n) is 5.59. The SMILES string of the molecule is COC1N=CC=C2C(=O)N(Cc3nc([C@@H]4CO[C@@H](c5ccc(Cl)cc5)C4)no3)C=NC21. The van der Waals surface area contributed by atoms with Crippen LogP contribution in [0, 0.1) is 0 Å². The summed E-state index contributed by atoms with van der Waals surface area (Å²) >= 11 is 5.96. The van der Waals surface area contributed by atoms with Crippen LogP contribution in [0.25, 0.3) is 0 Å². The lowest BCUT2D eigenvalue weighted by Crippen LogP contribution is -2.43. The Kier molecular flexibility index (Phi) is 5.39. The van der Waals surface area contributed by atoms with E-state index in [1.54, 1.807) is 19.4 Å². The van der Waals surface area contributed by atoms with Crippen molar-refractivity contribution in [2.24, 2.45) is 9.98 Å². The van der Waals surface area contributed by atoms with E-state index < -0.39 is 12.3 Å². The van der Waals surface area contributed by atoms with Crippen molar-refractivity contribution in [1.29, 1.82) is 0 Å². The average molecular weight is 442 g/mol. The van der Waals surface area contributed by atoms with E-state index >= 15 is 0 Å². The summed E-state index contributed by atoms with van der Waals surface area (Å²) in [5.41, 5.74) is 1.60.